The molecule has 8 heteroatoms. The first-order valence-corrected chi connectivity index (χ1v) is 6.89. The maximum absolute atomic E-state index is 13.7. The normalized spacial score (nSPS) is 13.2. The first-order valence-electron chi connectivity index (χ1n) is 6.89. The molecule has 1 heterocycles. The average Bonchev–Trinajstić information content (AvgIpc) is 2.85. The Labute approximate surface area is 131 Å². The molecular formula is C15H17F4N3O. The Morgan fingerprint density at radius 3 is 2.61 bits per heavy atom. The van der Waals surface area contributed by atoms with E-state index in [0.29, 0.717) is 5.56 Å². The molecule has 0 unspecified atom stereocenters. The summed E-state index contributed by atoms with van der Waals surface area (Å²) >= 11 is 0. The lowest BCUT2D eigenvalue weighted by atomic mass is 10.1. The Balaban J connectivity index is 2.11. The Bertz CT molecular complexity index is 682. The van der Waals surface area contributed by atoms with E-state index in [1.807, 2.05) is 0 Å². The number of hydrogen-bond donors (Lipinski definition) is 1. The van der Waals surface area contributed by atoms with Crippen molar-refractivity contribution in [2.45, 2.75) is 25.7 Å². The predicted octanol–water partition coefficient (Wildman–Crippen LogP) is 3.44. The molecule has 1 aromatic carbocycles. The molecule has 2 rings (SSSR count). The third kappa shape index (κ3) is 3.82. The predicted molar refractivity (Wildman–Crippen MR) is 76.4 cm³/mol. The van der Waals surface area contributed by atoms with E-state index in [1.165, 1.54) is 32.5 Å². The molecule has 4 nitrogen and oxygen atoms in total. The van der Waals surface area contributed by atoms with Gasteiger partial charge >= 0.3 is 6.18 Å². The second-order valence-electron chi connectivity index (χ2n) is 5.14. The molecule has 0 fully saturated rings. The van der Waals surface area contributed by atoms with Crippen LogP contribution in [0.1, 0.15) is 29.8 Å². The number of ether oxygens (including phenoxy) is 1. The third-order valence-electron chi connectivity index (χ3n) is 3.56. The van der Waals surface area contributed by atoms with E-state index < -0.39 is 17.7 Å². The molecule has 1 aromatic heterocycles. The number of rotatable bonds is 5. The van der Waals surface area contributed by atoms with Crippen LogP contribution in [-0.2, 0) is 19.8 Å². The summed E-state index contributed by atoms with van der Waals surface area (Å²) in [7, 11) is 2.61. The van der Waals surface area contributed by atoms with Crippen molar-refractivity contribution in [2.24, 2.45) is 7.05 Å². The van der Waals surface area contributed by atoms with Gasteiger partial charge in [0.25, 0.3) is 0 Å². The van der Waals surface area contributed by atoms with E-state index in [4.69, 9.17) is 4.74 Å². The number of alkyl halides is 3. The third-order valence-corrected chi connectivity index (χ3v) is 3.56. The van der Waals surface area contributed by atoms with Crippen LogP contribution in [0.4, 0.5) is 17.6 Å². The van der Waals surface area contributed by atoms with Gasteiger partial charge in [-0.2, -0.15) is 18.3 Å². The first kappa shape index (κ1) is 17.3. The molecule has 0 radical (unpaired) electrons. The molecule has 0 saturated carbocycles. The maximum Gasteiger partial charge on any atom is 0.433 e. The molecule has 0 spiro atoms. The van der Waals surface area contributed by atoms with E-state index in [9.17, 15) is 17.6 Å². The topological polar surface area (TPSA) is 39.1 Å². The second-order valence-corrected chi connectivity index (χ2v) is 5.14. The van der Waals surface area contributed by atoms with Crippen LogP contribution in [0.15, 0.2) is 24.4 Å². The summed E-state index contributed by atoms with van der Waals surface area (Å²) in [5.74, 6) is -0.399. The smallest absolute Gasteiger partial charge is 0.433 e. The average molecular weight is 331 g/mol. The van der Waals surface area contributed by atoms with Gasteiger partial charge < -0.3 is 10.1 Å². The van der Waals surface area contributed by atoms with Crippen LogP contribution < -0.4 is 10.1 Å². The molecule has 0 aliphatic heterocycles. The highest BCUT2D eigenvalue weighted by atomic mass is 19.4. The lowest BCUT2D eigenvalue weighted by Crippen LogP contribution is -2.21. The molecule has 0 aliphatic rings. The van der Waals surface area contributed by atoms with Gasteiger partial charge in [-0.1, -0.05) is 6.07 Å². The van der Waals surface area contributed by atoms with Crippen LogP contribution in [0.2, 0.25) is 0 Å². The maximum atomic E-state index is 13.7. The van der Waals surface area contributed by atoms with Gasteiger partial charge in [-0.15, -0.1) is 0 Å². The van der Waals surface area contributed by atoms with Crippen LogP contribution in [0.5, 0.6) is 5.75 Å². The van der Waals surface area contributed by atoms with E-state index in [1.54, 1.807) is 13.0 Å². The Kier molecular flexibility index (Phi) is 4.93. The van der Waals surface area contributed by atoms with Crippen LogP contribution in [0.25, 0.3) is 0 Å². The molecule has 0 amide bonds. The minimum atomic E-state index is -4.47. The van der Waals surface area contributed by atoms with Crippen molar-refractivity contribution < 1.29 is 22.3 Å². The van der Waals surface area contributed by atoms with Crippen molar-refractivity contribution in [3.63, 3.8) is 0 Å². The van der Waals surface area contributed by atoms with E-state index >= 15 is 0 Å². The highest BCUT2D eigenvalue weighted by Crippen LogP contribution is 2.31. The number of nitrogens with one attached hydrogen (secondary N) is 1. The van der Waals surface area contributed by atoms with Crippen molar-refractivity contribution in [2.75, 3.05) is 7.11 Å². The quantitative estimate of drug-likeness (QED) is 0.853. The fourth-order valence-corrected chi connectivity index (χ4v) is 2.31. The summed E-state index contributed by atoms with van der Waals surface area (Å²) in [6.07, 6.45) is -3.30. The van der Waals surface area contributed by atoms with Crippen molar-refractivity contribution in [3.05, 3.63) is 47.0 Å². The molecule has 0 saturated heterocycles. The van der Waals surface area contributed by atoms with Crippen LogP contribution >= 0.6 is 0 Å². The summed E-state index contributed by atoms with van der Waals surface area (Å²) < 4.78 is 58.2. The molecule has 0 bridgehead atoms. The fourth-order valence-electron chi connectivity index (χ4n) is 2.31. The zero-order valence-electron chi connectivity index (χ0n) is 12.9. The number of aryl methyl sites for hydroxylation is 1. The van der Waals surface area contributed by atoms with E-state index in [0.717, 1.165) is 4.68 Å². The molecule has 0 aliphatic carbocycles. The summed E-state index contributed by atoms with van der Waals surface area (Å²) in [6, 6.07) is 4.10. The minimum Gasteiger partial charge on any atom is -0.494 e. The van der Waals surface area contributed by atoms with Crippen molar-refractivity contribution in [1.29, 1.82) is 0 Å². The van der Waals surface area contributed by atoms with Gasteiger partial charge in [0, 0.05) is 25.2 Å². The van der Waals surface area contributed by atoms with Crippen molar-refractivity contribution >= 4 is 0 Å². The summed E-state index contributed by atoms with van der Waals surface area (Å²) in [6.45, 7) is 1.71. The Hall–Kier alpha value is -2.09. The molecule has 1 N–H and O–H groups in total. The summed E-state index contributed by atoms with van der Waals surface area (Å²) in [5.41, 5.74) is -0.139. The monoisotopic (exact) mass is 331 g/mol. The number of aromatic nitrogens is 2. The molecular weight excluding hydrogens is 314 g/mol. The molecule has 1 atom stereocenters. The summed E-state index contributed by atoms with van der Waals surface area (Å²) in [4.78, 5) is 0. The molecule has 2 aromatic rings. The van der Waals surface area contributed by atoms with Gasteiger partial charge in [0.05, 0.1) is 13.3 Å². The number of methoxy groups -OCH3 is 1. The number of hydrogen-bond acceptors (Lipinski definition) is 3. The van der Waals surface area contributed by atoms with Crippen LogP contribution in [0.3, 0.4) is 0 Å². The number of benzene rings is 1. The zero-order valence-corrected chi connectivity index (χ0v) is 12.9. The van der Waals surface area contributed by atoms with E-state index in [-0.39, 0.29) is 23.9 Å². The van der Waals surface area contributed by atoms with Gasteiger partial charge in [0.2, 0.25) is 0 Å². The largest absolute Gasteiger partial charge is 0.494 e. The first-order chi connectivity index (χ1) is 10.7. The minimum absolute atomic E-state index is 0.0303. The SMILES string of the molecule is COc1ccc([C@H](C)NCc2cnn(C)c2C(F)(F)F)cc1F. The van der Waals surface area contributed by atoms with E-state index in [2.05, 4.69) is 10.4 Å². The second kappa shape index (κ2) is 6.57. The van der Waals surface area contributed by atoms with Gasteiger partial charge in [-0.05, 0) is 24.6 Å². The van der Waals surface area contributed by atoms with Gasteiger partial charge in [-0.3, -0.25) is 4.68 Å². The van der Waals surface area contributed by atoms with Crippen molar-refractivity contribution in [1.82, 2.24) is 15.1 Å². The lowest BCUT2D eigenvalue weighted by molar-refractivity contribution is -0.144. The number of halogens is 4. The van der Waals surface area contributed by atoms with Crippen LogP contribution in [-0.4, -0.2) is 16.9 Å². The Morgan fingerprint density at radius 2 is 2.04 bits per heavy atom. The lowest BCUT2D eigenvalue weighted by Gasteiger charge is -2.16. The standard InChI is InChI=1S/C15H17F4N3O/c1-9(10-4-5-13(23-3)12(16)6-10)20-7-11-8-21-22(2)14(11)15(17,18)19/h4-6,8-9,20H,7H2,1-3H3/t9-/m0/s1. The fraction of sp³-hybridized carbons (Fsp3) is 0.400. The summed E-state index contributed by atoms with van der Waals surface area (Å²) in [5, 5.41) is 6.60. The molecule has 23 heavy (non-hydrogen) atoms. The number of nitrogens with zero attached hydrogens (tertiary/aromatic N) is 2. The van der Waals surface area contributed by atoms with Crippen LogP contribution in [0, 0.1) is 5.82 Å². The van der Waals surface area contributed by atoms with Gasteiger partial charge in [0.15, 0.2) is 11.6 Å². The highest BCUT2D eigenvalue weighted by Gasteiger charge is 2.37. The highest BCUT2D eigenvalue weighted by molar-refractivity contribution is 5.31. The van der Waals surface area contributed by atoms with Gasteiger partial charge in [-0.25, -0.2) is 4.39 Å². The zero-order chi connectivity index (χ0) is 17.2. The van der Waals surface area contributed by atoms with Gasteiger partial charge in [0.1, 0.15) is 5.69 Å². The Morgan fingerprint density at radius 1 is 1.35 bits per heavy atom. The van der Waals surface area contributed by atoms with Crippen molar-refractivity contribution in [3.8, 4) is 5.75 Å². The molecule has 126 valence electrons.